The summed E-state index contributed by atoms with van der Waals surface area (Å²) in [7, 11) is 0. The van der Waals surface area contributed by atoms with Gasteiger partial charge in [0.05, 0.1) is 16.6 Å². The highest BCUT2D eigenvalue weighted by atomic mass is 79.9. The number of rotatable bonds is 4. The van der Waals surface area contributed by atoms with Gasteiger partial charge < -0.3 is 10.4 Å². The molecule has 2 N–H and O–H groups in total. The molecule has 0 unspecified atom stereocenters. The Morgan fingerprint density at radius 3 is 2.67 bits per heavy atom. The van der Waals surface area contributed by atoms with Crippen LogP contribution in [0.5, 0.6) is 0 Å². The number of aromatic carboxylic acids is 1. The van der Waals surface area contributed by atoms with Gasteiger partial charge in [0.1, 0.15) is 17.0 Å². The molecule has 134 valence electrons. The number of aromatic nitrogens is 2. The molecule has 0 spiro atoms. The molecular formula is C20H14BrN3O2S. The SMILES string of the molecule is Cc1sc2ncnc(Nc3ccc(Br)cc3C(=O)O)c2c1-c1ccccc1. The average molecular weight is 440 g/mol. The highest BCUT2D eigenvalue weighted by Gasteiger charge is 2.18. The summed E-state index contributed by atoms with van der Waals surface area (Å²) in [6.07, 6.45) is 1.49. The predicted octanol–water partition coefficient (Wildman–Crippen LogP) is 5.87. The van der Waals surface area contributed by atoms with E-state index in [1.165, 1.54) is 6.33 Å². The van der Waals surface area contributed by atoms with Crippen molar-refractivity contribution in [1.29, 1.82) is 0 Å². The van der Waals surface area contributed by atoms with E-state index in [1.807, 2.05) is 30.3 Å². The number of carboxylic acid groups (broad SMARTS) is 1. The van der Waals surface area contributed by atoms with Gasteiger partial charge in [-0.15, -0.1) is 11.3 Å². The number of nitrogens with one attached hydrogen (secondary N) is 1. The van der Waals surface area contributed by atoms with Crippen LogP contribution in [0.1, 0.15) is 15.2 Å². The van der Waals surface area contributed by atoms with Crippen LogP contribution in [0.15, 0.2) is 59.3 Å². The monoisotopic (exact) mass is 439 g/mol. The second kappa shape index (κ2) is 7.09. The predicted molar refractivity (Wildman–Crippen MR) is 112 cm³/mol. The van der Waals surface area contributed by atoms with Gasteiger partial charge in [0.25, 0.3) is 0 Å². The van der Waals surface area contributed by atoms with E-state index in [9.17, 15) is 9.90 Å². The molecule has 2 heterocycles. The summed E-state index contributed by atoms with van der Waals surface area (Å²) in [5, 5.41) is 13.6. The molecular weight excluding hydrogens is 426 g/mol. The maximum Gasteiger partial charge on any atom is 0.337 e. The van der Waals surface area contributed by atoms with Crippen LogP contribution in [0.2, 0.25) is 0 Å². The lowest BCUT2D eigenvalue weighted by molar-refractivity contribution is 0.0698. The summed E-state index contributed by atoms with van der Waals surface area (Å²) in [6.45, 7) is 2.06. The van der Waals surface area contributed by atoms with E-state index in [0.717, 1.165) is 26.2 Å². The molecule has 5 nitrogen and oxygen atoms in total. The fraction of sp³-hybridized carbons (Fsp3) is 0.0500. The zero-order valence-electron chi connectivity index (χ0n) is 14.2. The van der Waals surface area contributed by atoms with Crippen molar-refractivity contribution in [1.82, 2.24) is 9.97 Å². The van der Waals surface area contributed by atoms with E-state index in [4.69, 9.17) is 0 Å². The molecule has 0 amide bonds. The molecule has 0 fully saturated rings. The zero-order chi connectivity index (χ0) is 19.0. The van der Waals surface area contributed by atoms with E-state index >= 15 is 0 Å². The van der Waals surface area contributed by atoms with E-state index in [-0.39, 0.29) is 5.56 Å². The van der Waals surface area contributed by atoms with E-state index in [0.29, 0.717) is 16.0 Å². The fourth-order valence-electron chi connectivity index (χ4n) is 3.02. The number of halogens is 1. The van der Waals surface area contributed by atoms with Crippen molar-refractivity contribution in [3.8, 4) is 11.1 Å². The van der Waals surface area contributed by atoms with Crippen LogP contribution in [0.4, 0.5) is 11.5 Å². The third-order valence-corrected chi connectivity index (χ3v) is 5.70. The summed E-state index contributed by atoms with van der Waals surface area (Å²) in [6, 6.07) is 15.1. The summed E-state index contributed by atoms with van der Waals surface area (Å²) < 4.78 is 0.703. The van der Waals surface area contributed by atoms with E-state index < -0.39 is 5.97 Å². The zero-order valence-corrected chi connectivity index (χ0v) is 16.6. The third kappa shape index (κ3) is 3.31. The van der Waals surface area contributed by atoms with Crippen molar-refractivity contribution < 1.29 is 9.90 Å². The van der Waals surface area contributed by atoms with Gasteiger partial charge in [-0.3, -0.25) is 0 Å². The normalized spacial score (nSPS) is 10.9. The molecule has 0 saturated carbocycles. The molecule has 0 atom stereocenters. The molecule has 7 heteroatoms. The first-order chi connectivity index (χ1) is 13.0. The minimum atomic E-state index is -1.01. The average Bonchev–Trinajstić information content (AvgIpc) is 3.00. The standard InChI is InChI=1S/C20H14BrN3O2S/c1-11-16(12-5-3-2-4-6-12)17-18(22-10-23-19(17)27-11)24-15-8-7-13(21)9-14(15)20(25)26/h2-10H,1H3,(H,25,26)(H,22,23,24). The van der Waals surface area contributed by atoms with Gasteiger partial charge in [0, 0.05) is 14.9 Å². The van der Waals surface area contributed by atoms with Crippen molar-refractivity contribution in [3.63, 3.8) is 0 Å². The largest absolute Gasteiger partial charge is 0.478 e. The van der Waals surface area contributed by atoms with E-state index in [1.54, 1.807) is 29.5 Å². The van der Waals surface area contributed by atoms with Crippen molar-refractivity contribution in [2.45, 2.75) is 6.92 Å². The van der Waals surface area contributed by atoms with Gasteiger partial charge in [-0.25, -0.2) is 14.8 Å². The second-order valence-electron chi connectivity index (χ2n) is 5.92. The number of carbonyl (C=O) groups is 1. The first kappa shape index (κ1) is 17.6. The Bertz CT molecular complexity index is 1160. The number of benzene rings is 2. The third-order valence-electron chi connectivity index (χ3n) is 4.19. The van der Waals surface area contributed by atoms with Crippen LogP contribution in [0.25, 0.3) is 21.3 Å². The van der Waals surface area contributed by atoms with Gasteiger partial charge in [-0.2, -0.15) is 0 Å². The van der Waals surface area contributed by atoms with Gasteiger partial charge >= 0.3 is 5.97 Å². The first-order valence-corrected chi connectivity index (χ1v) is 9.75. The van der Waals surface area contributed by atoms with Crippen molar-refractivity contribution in [2.75, 3.05) is 5.32 Å². The number of aryl methyl sites for hydroxylation is 1. The minimum Gasteiger partial charge on any atom is -0.478 e. The Morgan fingerprint density at radius 2 is 1.93 bits per heavy atom. The van der Waals surface area contributed by atoms with Gasteiger partial charge in [-0.1, -0.05) is 46.3 Å². The number of nitrogens with zero attached hydrogens (tertiary/aromatic N) is 2. The number of hydrogen-bond donors (Lipinski definition) is 2. The Balaban J connectivity index is 1.90. The van der Waals surface area contributed by atoms with Crippen molar-refractivity contribution in [2.24, 2.45) is 0 Å². The topological polar surface area (TPSA) is 75.1 Å². The number of carboxylic acids is 1. The number of fused-ring (bicyclic) bond motifs is 1. The first-order valence-electron chi connectivity index (χ1n) is 8.14. The summed E-state index contributed by atoms with van der Waals surface area (Å²) in [5.41, 5.74) is 2.79. The molecule has 0 radical (unpaired) electrons. The smallest absolute Gasteiger partial charge is 0.337 e. The molecule has 4 aromatic rings. The highest BCUT2D eigenvalue weighted by Crippen LogP contribution is 2.41. The Kier molecular flexibility index (Phi) is 4.63. The summed E-state index contributed by atoms with van der Waals surface area (Å²) >= 11 is 4.92. The van der Waals surface area contributed by atoms with Crippen LogP contribution < -0.4 is 5.32 Å². The maximum absolute atomic E-state index is 11.6. The number of thiophene rings is 1. The fourth-order valence-corrected chi connectivity index (χ4v) is 4.40. The van der Waals surface area contributed by atoms with Crippen LogP contribution in [0.3, 0.4) is 0 Å². The molecule has 0 aliphatic rings. The van der Waals surface area contributed by atoms with Crippen LogP contribution in [0, 0.1) is 6.92 Å². The molecule has 0 saturated heterocycles. The van der Waals surface area contributed by atoms with Crippen LogP contribution in [-0.2, 0) is 0 Å². The van der Waals surface area contributed by atoms with Crippen LogP contribution >= 0.6 is 27.3 Å². The lowest BCUT2D eigenvalue weighted by atomic mass is 10.0. The Morgan fingerprint density at radius 1 is 1.15 bits per heavy atom. The molecule has 0 bridgehead atoms. The molecule has 4 rings (SSSR count). The molecule has 2 aromatic carbocycles. The Hall–Kier alpha value is -2.77. The van der Waals surface area contributed by atoms with Crippen molar-refractivity contribution >= 4 is 55.0 Å². The maximum atomic E-state index is 11.6. The summed E-state index contributed by atoms with van der Waals surface area (Å²) in [5.74, 6) is -0.415. The van der Waals surface area contributed by atoms with Gasteiger partial charge in [0.15, 0.2) is 0 Å². The van der Waals surface area contributed by atoms with Gasteiger partial charge in [-0.05, 0) is 30.7 Å². The lowest BCUT2D eigenvalue weighted by Gasteiger charge is -2.11. The summed E-state index contributed by atoms with van der Waals surface area (Å²) in [4.78, 5) is 22.4. The molecule has 0 aliphatic heterocycles. The highest BCUT2D eigenvalue weighted by molar-refractivity contribution is 9.10. The Labute approximate surface area is 167 Å². The minimum absolute atomic E-state index is 0.171. The number of hydrogen-bond acceptors (Lipinski definition) is 5. The van der Waals surface area contributed by atoms with E-state index in [2.05, 4.69) is 38.1 Å². The van der Waals surface area contributed by atoms with Crippen LogP contribution in [-0.4, -0.2) is 21.0 Å². The molecule has 27 heavy (non-hydrogen) atoms. The lowest BCUT2D eigenvalue weighted by Crippen LogP contribution is -2.04. The second-order valence-corrected chi connectivity index (χ2v) is 8.04. The molecule has 0 aliphatic carbocycles. The number of anilines is 2. The molecule has 2 aromatic heterocycles. The quantitative estimate of drug-likeness (QED) is 0.415. The van der Waals surface area contributed by atoms with Crippen molar-refractivity contribution in [3.05, 3.63) is 69.8 Å². The van der Waals surface area contributed by atoms with Gasteiger partial charge in [0.2, 0.25) is 0 Å².